The topological polar surface area (TPSA) is 54.3 Å². The Bertz CT molecular complexity index is 1090. The lowest BCUT2D eigenvalue weighted by Crippen LogP contribution is -2.30. The molecule has 4 rings (SSSR count). The summed E-state index contributed by atoms with van der Waals surface area (Å²) in [6.07, 6.45) is 3.17. The average Bonchev–Trinajstić information content (AvgIpc) is 3.24. The van der Waals surface area contributed by atoms with Crippen molar-refractivity contribution in [1.82, 2.24) is 9.47 Å². The third-order valence-electron chi connectivity index (χ3n) is 6.24. The fourth-order valence-corrected chi connectivity index (χ4v) is 4.73. The number of ether oxygens (including phenoxy) is 5. The number of hydrogen-bond donors (Lipinski definition) is 0. The van der Waals surface area contributed by atoms with Crippen molar-refractivity contribution in [2.75, 3.05) is 42.1 Å². The second-order valence-electron chi connectivity index (χ2n) is 7.95. The molecule has 0 bridgehead atoms. The van der Waals surface area contributed by atoms with Crippen molar-refractivity contribution in [3.63, 3.8) is 0 Å². The highest BCUT2D eigenvalue weighted by atomic mass is 16.5. The Hall–Kier alpha value is -3.32. The molecule has 0 amide bonds. The monoisotopic (exact) mass is 452 g/mol. The first-order valence-electron chi connectivity index (χ1n) is 11.0. The van der Waals surface area contributed by atoms with E-state index in [2.05, 4.69) is 33.9 Å². The van der Waals surface area contributed by atoms with E-state index in [1.54, 1.807) is 35.5 Å². The summed E-state index contributed by atoms with van der Waals surface area (Å²) < 4.78 is 30.6. The van der Waals surface area contributed by atoms with Crippen molar-refractivity contribution in [1.29, 1.82) is 0 Å². The number of benzene rings is 2. The minimum absolute atomic E-state index is 0.0480. The van der Waals surface area contributed by atoms with Crippen LogP contribution in [0.25, 0.3) is 0 Å². The summed E-state index contributed by atoms with van der Waals surface area (Å²) in [5, 5.41) is 0. The molecule has 1 atom stereocenters. The van der Waals surface area contributed by atoms with Crippen molar-refractivity contribution < 1.29 is 23.7 Å². The first kappa shape index (κ1) is 22.9. The summed E-state index contributed by atoms with van der Waals surface area (Å²) in [4.78, 5) is 2.46. The molecule has 2 heterocycles. The first-order chi connectivity index (χ1) is 16.1. The summed E-state index contributed by atoms with van der Waals surface area (Å²) in [7, 11) is 8.33. The van der Waals surface area contributed by atoms with E-state index in [0.29, 0.717) is 23.8 Å². The summed E-state index contributed by atoms with van der Waals surface area (Å²) in [6, 6.07) is 14.2. The van der Waals surface area contributed by atoms with Crippen LogP contribution in [0.3, 0.4) is 0 Å². The molecule has 0 saturated carbocycles. The van der Waals surface area contributed by atoms with Crippen LogP contribution >= 0.6 is 0 Å². The van der Waals surface area contributed by atoms with E-state index in [9.17, 15) is 0 Å². The van der Waals surface area contributed by atoms with Gasteiger partial charge in [-0.3, -0.25) is 4.90 Å². The molecule has 0 aliphatic carbocycles. The Morgan fingerprint density at radius 1 is 0.788 bits per heavy atom. The molecule has 0 saturated heterocycles. The molecule has 3 aromatic rings. The van der Waals surface area contributed by atoms with Crippen molar-refractivity contribution in [2.24, 2.45) is 0 Å². The highest BCUT2D eigenvalue weighted by Gasteiger charge is 2.32. The molecule has 176 valence electrons. The molecule has 0 radical (unpaired) electrons. The number of aromatic nitrogens is 1. The van der Waals surface area contributed by atoms with Crippen LogP contribution in [0, 0.1) is 0 Å². The molecule has 1 aliphatic heterocycles. The van der Waals surface area contributed by atoms with Crippen LogP contribution in [0.5, 0.6) is 28.7 Å². The SMILES string of the molecule is COc1ccc(OC)c(CN2CCCn3cccc3C2c2ccc(OC)c(OC)c2OC)c1. The molecule has 7 nitrogen and oxygen atoms in total. The lowest BCUT2D eigenvalue weighted by molar-refractivity contribution is 0.211. The molecule has 1 aliphatic rings. The number of nitrogens with zero attached hydrogens (tertiary/aromatic N) is 2. The zero-order valence-electron chi connectivity index (χ0n) is 20.0. The summed E-state index contributed by atoms with van der Waals surface area (Å²) in [6.45, 7) is 2.55. The van der Waals surface area contributed by atoms with Crippen molar-refractivity contribution >= 4 is 0 Å². The van der Waals surface area contributed by atoms with Gasteiger partial charge in [0.25, 0.3) is 0 Å². The van der Waals surface area contributed by atoms with Crippen molar-refractivity contribution in [3.05, 3.63) is 65.5 Å². The van der Waals surface area contributed by atoms with E-state index in [0.717, 1.165) is 42.1 Å². The van der Waals surface area contributed by atoms with Crippen LogP contribution < -0.4 is 23.7 Å². The van der Waals surface area contributed by atoms with Crippen LogP contribution in [0.15, 0.2) is 48.7 Å². The van der Waals surface area contributed by atoms with E-state index in [4.69, 9.17) is 23.7 Å². The van der Waals surface area contributed by atoms with E-state index < -0.39 is 0 Å². The quantitative estimate of drug-likeness (QED) is 0.501. The number of aryl methyl sites for hydroxylation is 1. The fraction of sp³-hybridized carbons (Fsp3) is 0.385. The third kappa shape index (κ3) is 4.33. The Balaban J connectivity index is 1.85. The third-order valence-corrected chi connectivity index (χ3v) is 6.24. The number of hydrogen-bond acceptors (Lipinski definition) is 6. The van der Waals surface area contributed by atoms with E-state index in [-0.39, 0.29) is 6.04 Å². The number of rotatable bonds is 8. The summed E-state index contributed by atoms with van der Waals surface area (Å²) in [5.74, 6) is 3.57. The number of methoxy groups -OCH3 is 5. The Morgan fingerprint density at radius 2 is 1.55 bits per heavy atom. The second kappa shape index (κ2) is 10.1. The molecular formula is C26H32N2O5. The Kier molecular flexibility index (Phi) is 6.99. The molecular weight excluding hydrogens is 420 g/mol. The van der Waals surface area contributed by atoms with Gasteiger partial charge >= 0.3 is 0 Å². The van der Waals surface area contributed by atoms with Gasteiger partial charge in [-0.2, -0.15) is 0 Å². The van der Waals surface area contributed by atoms with Gasteiger partial charge in [-0.25, -0.2) is 0 Å². The van der Waals surface area contributed by atoms with Crippen LogP contribution in [0.4, 0.5) is 0 Å². The van der Waals surface area contributed by atoms with Gasteiger partial charge < -0.3 is 28.3 Å². The first-order valence-corrected chi connectivity index (χ1v) is 11.0. The Morgan fingerprint density at radius 3 is 2.24 bits per heavy atom. The predicted molar refractivity (Wildman–Crippen MR) is 127 cm³/mol. The minimum atomic E-state index is -0.0480. The molecule has 2 aromatic carbocycles. The standard InChI is InChI=1S/C26H32N2O5/c1-29-19-9-11-22(30-2)18(16-19)17-28-15-7-14-27-13-6-8-21(27)24(28)20-10-12-23(31-3)26(33-5)25(20)32-4/h6,8-13,16,24H,7,14-15,17H2,1-5H3. The van der Waals surface area contributed by atoms with Gasteiger partial charge in [0, 0.05) is 42.7 Å². The normalized spacial score (nSPS) is 16.0. The van der Waals surface area contributed by atoms with Gasteiger partial charge in [0.2, 0.25) is 5.75 Å². The van der Waals surface area contributed by atoms with E-state index >= 15 is 0 Å². The van der Waals surface area contributed by atoms with E-state index in [1.165, 1.54) is 5.69 Å². The van der Waals surface area contributed by atoms with Crippen LogP contribution in [-0.4, -0.2) is 51.6 Å². The zero-order chi connectivity index (χ0) is 23.4. The minimum Gasteiger partial charge on any atom is -0.497 e. The largest absolute Gasteiger partial charge is 0.497 e. The molecule has 0 N–H and O–H groups in total. The van der Waals surface area contributed by atoms with Crippen molar-refractivity contribution in [3.8, 4) is 28.7 Å². The van der Waals surface area contributed by atoms with Gasteiger partial charge in [-0.05, 0) is 48.9 Å². The smallest absolute Gasteiger partial charge is 0.203 e. The van der Waals surface area contributed by atoms with Crippen LogP contribution in [-0.2, 0) is 13.1 Å². The molecule has 0 fully saturated rings. The van der Waals surface area contributed by atoms with Crippen LogP contribution in [0.2, 0.25) is 0 Å². The highest BCUT2D eigenvalue weighted by Crippen LogP contribution is 2.46. The number of fused-ring (bicyclic) bond motifs is 1. The predicted octanol–water partition coefficient (Wildman–Crippen LogP) is 4.53. The molecule has 33 heavy (non-hydrogen) atoms. The molecule has 1 aromatic heterocycles. The second-order valence-corrected chi connectivity index (χ2v) is 7.95. The van der Waals surface area contributed by atoms with Gasteiger partial charge in [0.05, 0.1) is 41.6 Å². The molecule has 7 heteroatoms. The van der Waals surface area contributed by atoms with Gasteiger partial charge in [0.15, 0.2) is 11.5 Å². The maximum Gasteiger partial charge on any atom is 0.203 e. The van der Waals surface area contributed by atoms with Crippen molar-refractivity contribution in [2.45, 2.75) is 25.6 Å². The van der Waals surface area contributed by atoms with Gasteiger partial charge in [0.1, 0.15) is 11.5 Å². The Labute approximate surface area is 195 Å². The fourth-order valence-electron chi connectivity index (χ4n) is 4.73. The van der Waals surface area contributed by atoms with Gasteiger partial charge in [-0.1, -0.05) is 0 Å². The summed E-state index contributed by atoms with van der Waals surface area (Å²) >= 11 is 0. The lowest BCUT2D eigenvalue weighted by Gasteiger charge is -2.32. The average molecular weight is 453 g/mol. The van der Waals surface area contributed by atoms with Gasteiger partial charge in [-0.15, -0.1) is 0 Å². The molecule has 1 unspecified atom stereocenters. The highest BCUT2D eigenvalue weighted by molar-refractivity contribution is 5.58. The maximum atomic E-state index is 5.89. The summed E-state index contributed by atoms with van der Waals surface area (Å²) in [5.41, 5.74) is 3.31. The molecule has 0 spiro atoms. The van der Waals surface area contributed by atoms with E-state index in [1.807, 2.05) is 24.3 Å². The lowest BCUT2D eigenvalue weighted by atomic mass is 9.98. The zero-order valence-corrected chi connectivity index (χ0v) is 20.0. The van der Waals surface area contributed by atoms with Crippen LogP contribution in [0.1, 0.15) is 29.3 Å². The maximum absolute atomic E-state index is 5.89.